The summed E-state index contributed by atoms with van der Waals surface area (Å²) in [6.07, 6.45) is -7.23. The Kier molecular flexibility index (Phi) is 7.04. The molecule has 17 heavy (non-hydrogen) atoms. The number of alkyl halides is 5. The van der Waals surface area contributed by atoms with Crippen molar-refractivity contribution in [3.63, 3.8) is 0 Å². The summed E-state index contributed by atoms with van der Waals surface area (Å²) in [6.45, 7) is 1.62. The molecule has 0 saturated carbocycles. The molecule has 7 heteroatoms. The summed E-state index contributed by atoms with van der Waals surface area (Å²) in [4.78, 5) is 10.8. The number of rotatable bonds is 7. The predicted octanol–water partition coefficient (Wildman–Crippen LogP) is 4.41. The minimum Gasteiger partial charge on any atom is -0.287 e. The van der Waals surface area contributed by atoms with Crippen LogP contribution in [0.25, 0.3) is 0 Å². The van der Waals surface area contributed by atoms with Crippen LogP contribution in [0, 0.1) is 0 Å². The normalized spacial score (nSPS) is 12.8. The van der Waals surface area contributed by atoms with Crippen LogP contribution < -0.4 is 0 Å². The summed E-state index contributed by atoms with van der Waals surface area (Å²) in [5, 5.41) is -0.184. The average molecular weight is 278 g/mol. The van der Waals surface area contributed by atoms with Crippen molar-refractivity contribution in [1.29, 1.82) is 0 Å². The van der Waals surface area contributed by atoms with Crippen LogP contribution in [0.5, 0.6) is 0 Å². The fourth-order valence-corrected chi connectivity index (χ4v) is 1.92. The predicted molar refractivity (Wildman–Crippen MR) is 57.2 cm³/mol. The van der Waals surface area contributed by atoms with Crippen molar-refractivity contribution >= 4 is 16.9 Å². The van der Waals surface area contributed by atoms with Crippen molar-refractivity contribution in [3.8, 4) is 0 Å². The molecule has 0 aliphatic rings. The van der Waals surface area contributed by atoms with E-state index in [1.807, 2.05) is 0 Å². The standard InChI is InChI=1S/C10H15F5OS/c1-2-8(16)17-7-6-9(11,12)4-3-5-10(13,14)15/h2-7H2,1H3. The summed E-state index contributed by atoms with van der Waals surface area (Å²) in [5.41, 5.74) is 0. The van der Waals surface area contributed by atoms with Gasteiger partial charge in [0, 0.05) is 31.4 Å². The van der Waals surface area contributed by atoms with Crippen molar-refractivity contribution in [2.75, 3.05) is 5.75 Å². The highest BCUT2D eigenvalue weighted by atomic mass is 32.2. The quantitative estimate of drug-likeness (QED) is 0.641. The molecule has 0 bridgehead atoms. The first kappa shape index (κ1) is 16.7. The third-order valence-corrected chi connectivity index (χ3v) is 3.04. The van der Waals surface area contributed by atoms with Gasteiger partial charge in [0.25, 0.3) is 0 Å². The summed E-state index contributed by atoms with van der Waals surface area (Å²) in [5.74, 6) is -3.17. The van der Waals surface area contributed by atoms with E-state index < -0.39 is 37.8 Å². The summed E-state index contributed by atoms with van der Waals surface area (Å²) < 4.78 is 61.3. The number of hydrogen-bond acceptors (Lipinski definition) is 2. The molecule has 0 fully saturated rings. The Bertz CT molecular complexity index is 239. The Morgan fingerprint density at radius 2 is 1.65 bits per heavy atom. The molecular weight excluding hydrogens is 263 g/mol. The number of hydrogen-bond donors (Lipinski definition) is 0. The summed E-state index contributed by atoms with van der Waals surface area (Å²) >= 11 is 0.801. The molecule has 0 heterocycles. The smallest absolute Gasteiger partial charge is 0.287 e. The van der Waals surface area contributed by atoms with Crippen molar-refractivity contribution in [2.24, 2.45) is 0 Å². The zero-order valence-corrected chi connectivity index (χ0v) is 10.3. The fourth-order valence-electron chi connectivity index (χ4n) is 1.09. The van der Waals surface area contributed by atoms with Gasteiger partial charge in [0.2, 0.25) is 5.92 Å². The summed E-state index contributed by atoms with van der Waals surface area (Å²) in [7, 11) is 0. The zero-order valence-electron chi connectivity index (χ0n) is 9.45. The molecule has 0 radical (unpaired) electrons. The van der Waals surface area contributed by atoms with Gasteiger partial charge in [0.1, 0.15) is 0 Å². The van der Waals surface area contributed by atoms with E-state index in [2.05, 4.69) is 0 Å². The average Bonchev–Trinajstić information content (AvgIpc) is 2.14. The molecule has 0 atom stereocenters. The van der Waals surface area contributed by atoms with Crippen molar-refractivity contribution in [3.05, 3.63) is 0 Å². The molecule has 0 aliphatic heterocycles. The molecular formula is C10H15F5OS. The lowest BCUT2D eigenvalue weighted by Crippen LogP contribution is -2.19. The van der Waals surface area contributed by atoms with Gasteiger partial charge in [-0.1, -0.05) is 18.7 Å². The molecule has 0 N–H and O–H groups in total. The first-order valence-corrected chi connectivity index (χ1v) is 6.25. The maximum atomic E-state index is 13.1. The maximum Gasteiger partial charge on any atom is 0.389 e. The molecule has 102 valence electrons. The lowest BCUT2D eigenvalue weighted by molar-refractivity contribution is -0.139. The van der Waals surface area contributed by atoms with E-state index >= 15 is 0 Å². The molecule has 0 aliphatic carbocycles. The lowest BCUT2D eigenvalue weighted by Gasteiger charge is -2.16. The number of halogens is 5. The third-order valence-electron chi connectivity index (χ3n) is 2.02. The van der Waals surface area contributed by atoms with Crippen LogP contribution in [0.3, 0.4) is 0 Å². The molecule has 0 amide bonds. The molecule has 1 nitrogen and oxygen atoms in total. The Hall–Kier alpha value is -0.330. The van der Waals surface area contributed by atoms with Crippen LogP contribution in [0.4, 0.5) is 22.0 Å². The Morgan fingerprint density at radius 1 is 1.06 bits per heavy atom. The van der Waals surface area contributed by atoms with Crippen molar-refractivity contribution in [1.82, 2.24) is 0 Å². The van der Waals surface area contributed by atoms with E-state index in [1.165, 1.54) is 0 Å². The van der Waals surface area contributed by atoms with Gasteiger partial charge in [0.15, 0.2) is 5.12 Å². The highest BCUT2D eigenvalue weighted by Crippen LogP contribution is 2.30. The summed E-state index contributed by atoms with van der Waals surface area (Å²) in [6, 6.07) is 0. The number of thioether (sulfide) groups is 1. The van der Waals surface area contributed by atoms with E-state index in [4.69, 9.17) is 0 Å². The monoisotopic (exact) mass is 278 g/mol. The minimum absolute atomic E-state index is 0.0499. The van der Waals surface area contributed by atoms with Crippen molar-refractivity contribution < 1.29 is 26.7 Å². The highest BCUT2D eigenvalue weighted by Gasteiger charge is 2.32. The molecule has 0 spiro atoms. The van der Waals surface area contributed by atoms with Crippen LogP contribution in [0.15, 0.2) is 0 Å². The first-order chi connectivity index (χ1) is 7.66. The van der Waals surface area contributed by atoms with E-state index in [0.717, 1.165) is 11.8 Å². The fraction of sp³-hybridized carbons (Fsp3) is 0.900. The molecule has 0 saturated heterocycles. The molecule has 0 aromatic rings. The van der Waals surface area contributed by atoms with Crippen molar-refractivity contribution in [2.45, 2.75) is 51.1 Å². The highest BCUT2D eigenvalue weighted by molar-refractivity contribution is 8.13. The Morgan fingerprint density at radius 3 is 2.12 bits per heavy atom. The Balaban J connectivity index is 3.76. The van der Waals surface area contributed by atoms with Gasteiger partial charge in [-0.05, 0) is 6.42 Å². The minimum atomic E-state index is -4.39. The second kappa shape index (κ2) is 7.18. The maximum absolute atomic E-state index is 13.1. The first-order valence-electron chi connectivity index (χ1n) is 5.26. The van der Waals surface area contributed by atoms with Gasteiger partial charge in [0.05, 0.1) is 0 Å². The molecule has 0 aromatic carbocycles. The van der Waals surface area contributed by atoms with E-state index in [-0.39, 0.29) is 17.3 Å². The van der Waals surface area contributed by atoms with Gasteiger partial charge in [-0.3, -0.25) is 4.79 Å². The number of carbonyl (C=O) groups excluding carboxylic acids is 1. The largest absolute Gasteiger partial charge is 0.389 e. The van der Waals surface area contributed by atoms with E-state index in [9.17, 15) is 26.7 Å². The molecule has 0 unspecified atom stereocenters. The van der Waals surface area contributed by atoms with Gasteiger partial charge in [-0.15, -0.1) is 0 Å². The van der Waals surface area contributed by atoms with Crippen LogP contribution in [0.2, 0.25) is 0 Å². The Labute approximate surface area is 101 Å². The molecule has 0 rings (SSSR count). The second-order valence-corrected chi connectivity index (χ2v) is 4.80. The van der Waals surface area contributed by atoms with Crippen LogP contribution in [-0.4, -0.2) is 23.0 Å². The van der Waals surface area contributed by atoms with Crippen LogP contribution in [-0.2, 0) is 4.79 Å². The molecule has 0 aromatic heterocycles. The SMILES string of the molecule is CCC(=O)SCCC(F)(F)CCCC(F)(F)F. The number of carbonyl (C=O) groups is 1. The van der Waals surface area contributed by atoms with E-state index in [0.29, 0.717) is 0 Å². The van der Waals surface area contributed by atoms with Gasteiger partial charge in [-0.2, -0.15) is 13.2 Å². The zero-order chi connectivity index (χ0) is 13.5. The second-order valence-electron chi connectivity index (χ2n) is 3.65. The van der Waals surface area contributed by atoms with Gasteiger partial charge >= 0.3 is 6.18 Å². The van der Waals surface area contributed by atoms with Crippen LogP contribution >= 0.6 is 11.8 Å². The van der Waals surface area contributed by atoms with Crippen LogP contribution in [0.1, 0.15) is 39.0 Å². The third kappa shape index (κ3) is 10.5. The van der Waals surface area contributed by atoms with E-state index in [1.54, 1.807) is 6.92 Å². The topological polar surface area (TPSA) is 17.1 Å². The lowest BCUT2D eigenvalue weighted by atomic mass is 10.1. The van der Waals surface area contributed by atoms with Gasteiger partial charge in [-0.25, -0.2) is 8.78 Å². The van der Waals surface area contributed by atoms with Gasteiger partial charge < -0.3 is 0 Å².